The highest BCUT2D eigenvalue weighted by molar-refractivity contribution is 7.08. The van der Waals surface area contributed by atoms with Gasteiger partial charge in [0.1, 0.15) is 5.75 Å². The lowest BCUT2D eigenvalue weighted by molar-refractivity contribution is 0.478. The molecule has 0 radical (unpaired) electrons. The molecule has 1 nitrogen and oxygen atoms in total. The third-order valence-corrected chi connectivity index (χ3v) is 1.18. The average Bonchev–Trinajstić information content (AvgIpc) is 1.86. The van der Waals surface area contributed by atoms with Crippen molar-refractivity contribution in [3.8, 4) is 5.75 Å². The molecule has 0 fully saturated rings. The van der Waals surface area contributed by atoms with Gasteiger partial charge in [0.15, 0.2) is 0 Å². The van der Waals surface area contributed by atoms with Crippen LogP contribution in [0.1, 0.15) is 1.43 Å². The van der Waals surface area contributed by atoms with E-state index < -0.39 is 0 Å². The summed E-state index contributed by atoms with van der Waals surface area (Å²) in [6.07, 6.45) is 0. The van der Waals surface area contributed by atoms with Gasteiger partial charge < -0.3 is 5.11 Å². The van der Waals surface area contributed by atoms with Gasteiger partial charge in [0.25, 0.3) is 0 Å². The van der Waals surface area contributed by atoms with Crippen molar-refractivity contribution < 1.29 is 6.53 Å². The summed E-state index contributed by atoms with van der Waals surface area (Å²) in [6.45, 7) is 0. The molecular formula is C4H5OS+. The van der Waals surface area contributed by atoms with Crippen molar-refractivity contribution in [2.45, 2.75) is 0 Å². The van der Waals surface area contributed by atoms with E-state index in [1.807, 2.05) is 5.38 Å². The smallest absolute Gasteiger partial charge is 0.507 e. The summed E-state index contributed by atoms with van der Waals surface area (Å²) in [5, 5.41) is 12.0. The molecule has 1 heterocycles. The number of hydrogen-bond acceptors (Lipinski definition) is 2. The maximum Gasteiger partial charge on any atom is 1.00 e. The van der Waals surface area contributed by atoms with E-state index >= 15 is 0 Å². The summed E-state index contributed by atoms with van der Waals surface area (Å²) in [6, 6.07) is 1.66. The van der Waals surface area contributed by atoms with Crippen LogP contribution in [-0.4, -0.2) is 5.11 Å². The largest absolute Gasteiger partial charge is 1.00 e. The molecule has 0 unspecified atom stereocenters. The van der Waals surface area contributed by atoms with Crippen LogP contribution in [0.3, 0.4) is 0 Å². The highest BCUT2D eigenvalue weighted by Gasteiger charge is 1.77. The third-order valence-electron chi connectivity index (χ3n) is 0.506. The highest BCUT2D eigenvalue weighted by atomic mass is 32.1. The second kappa shape index (κ2) is 1.30. The van der Waals surface area contributed by atoms with Gasteiger partial charge in [-0.25, -0.2) is 0 Å². The lowest BCUT2D eigenvalue weighted by Gasteiger charge is -1.67. The Hall–Kier alpha value is -0.500. The van der Waals surface area contributed by atoms with Crippen LogP contribution in [0.4, 0.5) is 0 Å². The van der Waals surface area contributed by atoms with E-state index in [0.29, 0.717) is 5.75 Å². The monoisotopic (exact) mass is 101 g/mol. The van der Waals surface area contributed by atoms with Crippen molar-refractivity contribution >= 4 is 11.3 Å². The van der Waals surface area contributed by atoms with Gasteiger partial charge in [0, 0.05) is 5.38 Å². The fourth-order valence-corrected chi connectivity index (χ4v) is 0.772. The molecule has 0 aliphatic carbocycles. The highest BCUT2D eigenvalue weighted by Crippen LogP contribution is 2.10. The van der Waals surface area contributed by atoms with Gasteiger partial charge in [-0.3, -0.25) is 0 Å². The number of hydrogen-bond donors (Lipinski definition) is 1. The Morgan fingerprint density at radius 1 is 1.83 bits per heavy atom. The third kappa shape index (κ3) is 0.518. The lowest BCUT2D eigenvalue weighted by Crippen LogP contribution is -1.39. The van der Waals surface area contributed by atoms with E-state index in [4.69, 9.17) is 5.11 Å². The first-order chi connectivity index (χ1) is 2.89. The fourth-order valence-electron chi connectivity index (χ4n) is 0.257. The molecule has 0 saturated heterocycles. The normalized spacial score (nSPS) is 8.67. The van der Waals surface area contributed by atoms with Crippen LogP contribution in [0.5, 0.6) is 5.75 Å². The molecule has 0 spiro atoms. The maximum absolute atomic E-state index is 8.48. The van der Waals surface area contributed by atoms with Gasteiger partial charge in [-0.1, -0.05) is 0 Å². The zero-order chi connectivity index (χ0) is 4.41. The lowest BCUT2D eigenvalue weighted by atomic mass is 10.6. The maximum atomic E-state index is 8.48. The second-order valence-electron chi connectivity index (χ2n) is 0.982. The minimum Gasteiger partial charge on any atom is -0.507 e. The van der Waals surface area contributed by atoms with Gasteiger partial charge in [0.2, 0.25) is 0 Å². The first-order valence-corrected chi connectivity index (χ1v) is 2.55. The summed E-state index contributed by atoms with van der Waals surface area (Å²) in [4.78, 5) is 0. The summed E-state index contributed by atoms with van der Waals surface area (Å²) < 4.78 is 0. The van der Waals surface area contributed by atoms with Crippen molar-refractivity contribution in [1.82, 2.24) is 0 Å². The van der Waals surface area contributed by atoms with Crippen LogP contribution < -0.4 is 0 Å². The Morgan fingerprint density at radius 3 is 2.83 bits per heavy atom. The molecular weight excluding hydrogens is 96.1 g/mol. The van der Waals surface area contributed by atoms with E-state index in [1.54, 1.807) is 11.4 Å². The SMILES string of the molecule is Oc1ccsc1.[H+]. The van der Waals surface area contributed by atoms with Gasteiger partial charge in [-0.15, -0.1) is 11.3 Å². The zero-order valence-corrected chi connectivity index (χ0v) is 3.90. The number of aromatic hydroxyl groups is 1. The Morgan fingerprint density at radius 2 is 2.67 bits per heavy atom. The average molecular weight is 101 g/mol. The molecule has 0 bridgehead atoms. The fraction of sp³-hybridized carbons (Fsp3) is 0. The van der Waals surface area contributed by atoms with E-state index in [0.717, 1.165) is 0 Å². The Labute approximate surface area is 41.4 Å². The Balaban J connectivity index is 0.000000360. The van der Waals surface area contributed by atoms with Crippen LogP contribution in [-0.2, 0) is 0 Å². The van der Waals surface area contributed by atoms with E-state index in [1.165, 1.54) is 11.3 Å². The van der Waals surface area contributed by atoms with E-state index in [2.05, 4.69) is 0 Å². The minimum absolute atomic E-state index is 0. The quantitative estimate of drug-likeness (QED) is 0.526. The second-order valence-corrected chi connectivity index (χ2v) is 1.76. The molecule has 1 aromatic rings. The molecule has 32 valence electrons. The molecule has 0 aliphatic heterocycles. The molecule has 2 heteroatoms. The molecule has 0 atom stereocenters. The van der Waals surface area contributed by atoms with Gasteiger partial charge in [-0.2, -0.15) is 0 Å². The van der Waals surface area contributed by atoms with E-state index in [9.17, 15) is 0 Å². The molecule has 0 amide bonds. The van der Waals surface area contributed by atoms with Gasteiger partial charge in [0.05, 0.1) is 0 Å². The standard InChI is InChI=1S/C4H4OS/c5-4-1-2-6-3-4/h1-3,5H/p+1. The predicted octanol–water partition coefficient (Wildman–Crippen LogP) is 1.57. The zero-order valence-electron chi connectivity index (χ0n) is 4.09. The van der Waals surface area contributed by atoms with Crippen LogP contribution in [0, 0.1) is 0 Å². The molecule has 1 N–H and O–H groups in total. The van der Waals surface area contributed by atoms with Crippen molar-refractivity contribution in [2.75, 3.05) is 0 Å². The molecule has 0 aromatic carbocycles. The number of thiophene rings is 1. The van der Waals surface area contributed by atoms with Crippen LogP contribution in [0.15, 0.2) is 16.8 Å². The number of rotatable bonds is 0. The van der Waals surface area contributed by atoms with Crippen molar-refractivity contribution in [2.24, 2.45) is 0 Å². The predicted molar refractivity (Wildman–Crippen MR) is 27.1 cm³/mol. The minimum atomic E-state index is 0. The molecule has 6 heavy (non-hydrogen) atoms. The summed E-state index contributed by atoms with van der Waals surface area (Å²) in [5.41, 5.74) is 0. The van der Waals surface area contributed by atoms with Crippen LogP contribution in [0.25, 0.3) is 0 Å². The first kappa shape index (κ1) is 3.68. The Kier molecular flexibility index (Phi) is 0.801. The van der Waals surface area contributed by atoms with Crippen molar-refractivity contribution in [3.63, 3.8) is 0 Å². The summed E-state index contributed by atoms with van der Waals surface area (Å²) in [5.74, 6) is 0.361. The van der Waals surface area contributed by atoms with Crippen LogP contribution >= 0.6 is 11.3 Å². The van der Waals surface area contributed by atoms with Gasteiger partial charge in [-0.05, 0) is 11.4 Å². The molecule has 0 aliphatic rings. The summed E-state index contributed by atoms with van der Waals surface area (Å²) in [7, 11) is 0. The molecule has 0 saturated carbocycles. The van der Waals surface area contributed by atoms with Gasteiger partial charge >= 0.3 is 1.43 Å². The van der Waals surface area contributed by atoms with Crippen LogP contribution in [0.2, 0.25) is 0 Å². The topological polar surface area (TPSA) is 20.2 Å². The molecule has 1 aromatic heterocycles. The van der Waals surface area contributed by atoms with Crippen molar-refractivity contribution in [3.05, 3.63) is 16.8 Å². The Bertz CT molecular complexity index is 115. The molecule has 1 rings (SSSR count). The van der Waals surface area contributed by atoms with Crippen molar-refractivity contribution in [1.29, 1.82) is 0 Å². The van der Waals surface area contributed by atoms with E-state index in [-0.39, 0.29) is 1.43 Å². The summed E-state index contributed by atoms with van der Waals surface area (Å²) >= 11 is 1.49. The first-order valence-electron chi connectivity index (χ1n) is 1.61.